The van der Waals surface area contributed by atoms with Crippen molar-refractivity contribution in [2.45, 2.75) is 13.0 Å². The highest BCUT2D eigenvalue weighted by Crippen LogP contribution is 2.14. The van der Waals surface area contributed by atoms with Crippen molar-refractivity contribution in [3.63, 3.8) is 0 Å². The SMILES string of the molecule is O=C(OCc1ccccc1)N1CC=C(CBr)CC1. The molecule has 0 atom stereocenters. The van der Waals surface area contributed by atoms with Gasteiger partial charge < -0.3 is 9.64 Å². The molecule has 0 N–H and O–H groups in total. The third-order valence-corrected chi connectivity index (χ3v) is 3.66. The van der Waals surface area contributed by atoms with E-state index in [2.05, 4.69) is 22.0 Å². The van der Waals surface area contributed by atoms with Gasteiger partial charge in [0, 0.05) is 18.4 Å². The van der Waals surface area contributed by atoms with Crippen LogP contribution in [0.5, 0.6) is 0 Å². The Morgan fingerprint density at radius 1 is 1.33 bits per heavy atom. The molecule has 0 spiro atoms. The van der Waals surface area contributed by atoms with Crippen LogP contribution in [0, 0.1) is 0 Å². The van der Waals surface area contributed by atoms with Gasteiger partial charge in [0.05, 0.1) is 0 Å². The predicted molar refractivity (Wildman–Crippen MR) is 74.7 cm³/mol. The van der Waals surface area contributed by atoms with Crippen LogP contribution in [0.3, 0.4) is 0 Å². The number of halogens is 1. The van der Waals surface area contributed by atoms with Crippen molar-refractivity contribution in [3.8, 4) is 0 Å². The van der Waals surface area contributed by atoms with E-state index in [-0.39, 0.29) is 6.09 Å². The van der Waals surface area contributed by atoms with Gasteiger partial charge in [0.1, 0.15) is 6.61 Å². The summed E-state index contributed by atoms with van der Waals surface area (Å²) in [5.74, 6) is 0. The first kappa shape index (κ1) is 13.1. The maximum atomic E-state index is 11.8. The van der Waals surface area contributed by atoms with Crippen molar-refractivity contribution in [1.29, 1.82) is 0 Å². The molecule has 1 aliphatic rings. The lowest BCUT2D eigenvalue weighted by atomic mass is 10.1. The predicted octanol–water partition coefficient (Wildman–Crippen LogP) is 3.35. The second-order valence-electron chi connectivity index (χ2n) is 4.23. The fourth-order valence-electron chi connectivity index (χ4n) is 1.81. The average molecular weight is 310 g/mol. The molecule has 2 rings (SSSR count). The summed E-state index contributed by atoms with van der Waals surface area (Å²) in [5.41, 5.74) is 2.36. The van der Waals surface area contributed by atoms with Crippen LogP contribution in [0.25, 0.3) is 0 Å². The zero-order valence-electron chi connectivity index (χ0n) is 10.1. The highest BCUT2D eigenvalue weighted by Gasteiger charge is 2.17. The van der Waals surface area contributed by atoms with Gasteiger partial charge >= 0.3 is 6.09 Å². The summed E-state index contributed by atoms with van der Waals surface area (Å²) >= 11 is 3.43. The normalized spacial score (nSPS) is 15.2. The molecule has 0 unspecified atom stereocenters. The van der Waals surface area contributed by atoms with Crippen LogP contribution in [0.1, 0.15) is 12.0 Å². The van der Waals surface area contributed by atoms with Gasteiger partial charge in [0.2, 0.25) is 0 Å². The van der Waals surface area contributed by atoms with Crippen molar-refractivity contribution in [3.05, 3.63) is 47.5 Å². The van der Waals surface area contributed by atoms with Crippen LogP contribution >= 0.6 is 15.9 Å². The quantitative estimate of drug-likeness (QED) is 0.633. The highest BCUT2D eigenvalue weighted by atomic mass is 79.9. The molecule has 1 aliphatic heterocycles. The molecule has 1 aromatic rings. The van der Waals surface area contributed by atoms with E-state index >= 15 is 0 Å². The van der Waals surface area contributed by atoms with E-state index in [1.807, 2.05) is 30.3 Å². The fourth-order valence-corrected chi connectivity index (χ4v) is 2.32. The molecule has 4 heteroatoms. The molecule has 18 heavy (non-hydrogen) atoms. The Balaban J connectivity index is 1.81. The number of ether oxygens (including phenoxy) is 1. The maximum Gasteiger partial charge on any atom is 0.410 e. The molecule has 0 saturated carbocycles. The van der Waals surface area contributed by atoms with Gasteiger partial charge in [0.25, 0.3) is 0 Å². The first-order chi connectivity index (χ1) is 8.79. The standard InChI is InChI=1S/C14H16BrNO2/c15-10-12-6-8-16(9-7-12)14(17)18-11-13-4-2-1-3-5-13/h1-6H,7-11H2. The summed E-state index contributed by atoms with van der Waals surface area (Å²) in [5, 5.41) is 0.889. The Bertz CT molecular complexity index is 431. The molecule has 1 amide bonds. The number of nitrogens with zero attached hydrogens (tertiary/aromatic N) is 1. The van der Waals surface area contributed by atoms with Crippen LogP contribution < -0.4 is 0 Å². The van der Waals surface area contributed by atoms with E-state index < -0.39 is 0 Å². The average Bonchev–Trinajstić information content (AvgIpc) is 2.46. The van der Waals surface area contributed by atoms with Gasteiger partial charge in [0.15, 0.2) is 0 Å². The van der Waals surface area contributed by atoms with Gasteiger partial charge in [-0.15, -0.1) is 0 Å². The van der Waals surface area contributed by atoms with Gasteiger partial charge in [-0.25, -0.2) is 4.79 Å². The Labute approximate surface area is 116 Å². The van der Waals surface area contributed by atoms with Crippen LogP contribution in [-0.2, 0) is 11.3 Å². The molecule has 3 nitrogen and oxygen atoms in total. The molecule has 0 aromatic heterocycles. The van der Waals surface area contributed by atoms with Crippen molar-refractivity contribution in [2.75, 3.05) is 18.4 Å². The second-order valence-corrected chi connectivity index (χ2v) is 4.79. The fraction of sp³-hybridized carbons (Fsp3) is 0.357. The lowest BCUT2D eigenvalue weighted by molar-refractivity contribution is 0.0990. The monoisotopic (exact) mass is 309 g/mol. The zero-order valence-corrected chi connectivity index (χ0v) is 11.7. The van der Waals surface area contributed by atoms with Crippen molar-refractivity contribution < 1.29 is 9.53 Å². The molecule has 1 heterocycles. The Kier molecular flexibility index (Phi) is 4.81. The first-order valence-electron chi connectivity index (χ1n) is 5.99. The molecular weight excluding hydrogens is 294 g/mol. The lowest BCUT2D eigenvalue weighted by Crippen LogP contribution is -2.35. The number of carbonyl (C=O) groups excluding carboxylic acids is 1. The third kappa shape index (κ3) is 3.60. The lowest BCUT2D eigenvalue weighted by Gasteiger charge is -2.25. The molecule has 0 radical (unpaired) electrons. The number of amides is 1. The summed E-state index contributed by atoms with van der Waals surface area (Å²) < 4.78 is 5.28. The summed E-state index contributed by atoms with van der Waals surface area (Å²) in [6.45, 7) is 1.73. The van der Waals surface area contributed by atoms with E-state index in [4.69, 9.17) is 4.74 Å². The molecule has 1 aromatic carbocycles. The van der Waals surface area contributed by atoms with Gasteiger partial charge in [-0.3, -0.25) is 0 Å². The van der Waals surface area contributed by atoms with E-state index in [9.17, 15) is 4.79 Å². The van der Waals surface area contributed by atoms with E-state index in [1.165, 1.54) is 5.57 Å². The van der Waals surface area contributed by atoms with E-state index in [0.717, 1.165) is 23.9 Å². The number of alkyl halides is 1. The number of rotatable bonds is 3. The topological polar surface area (TPSA) is 29.5 Å². The van der Waals surface area contributed by atoms with Crippen LogP contribution in [0.15, 0.2) is 42.0 Å². The number of benzene rings is 1. The minimum Gasteiger partial charge on any atom is -0.445 e. The molecular formula is C14H16BrNO2. The number of hydrogen-bond acceptors (Lipinski definition) is 2. The van der Waals surface area contributed by atoms with E-state index in [0.29, 0.717) is 13.2 Å². The number of hydrogen-bond donors (Lipinski definition) is 0. The summed E-state index contributed by atoms with van der Waals surface area (Å²) in [6, 6.07) is 9.73. The van der Waals surface area contributed by atoms with Crippen LogP contribution in [0.4, 0.5) is 4.79 Å². The van der Waals surface area contributed by atoms with Crippen molar-refractivity contribution in [2.24, 2.45) is 0 Å². The largest absolute Gasteiger partial charge is 0.445 e. The molecule has 0 fully saturated rings. The molecule has 0 saturated heterocycles. The molecule has 0 aliphatic carbocycles. The third-order valence-electron chi connectivity index (χ3n) is 2.94. The van der Waals surface area contributed by atoms with Crippen molar-refractivity contribution in [1.82, 2.24) is 4.90 Å². The second kappa shape index (κ2) is 6.59. The summed E-state index contributed by atoms with van der Waals surface area (Å²) in [6.07, 6.45) is 2.77. The van der Waals surface area contributed by atoms with Gasteiger partial charge in [-0.2, -0.15) is 0 Å². The van der Waals surface area contributed by atoms with Crippen LogP contribution in [-0.4, -0.2) is 29.4 Å². The first-order valence-corrected chi connectivity index (χ1v) is 7.11. The minimum absolute atomic E-state index is 0.233. The Morgan fingerprint density at radius 2 is 2.11 bits per heavy atom. The minimum atomic E-state index is -0.233. The van der Waals surface area contributed by atoms with E-state index in [1.54, 1.807) is 4.90 Å². The Morgan fingerprint density at radius 3 is 2.72 bits per heavy atom. The van der Waals surface area contributed by atoms with Gasteiger partial charge in [-0.05, 0) is 12.0 Å². The molecule has 0 bridgehead atoms. The van der Waals surface area contributed by atoms with Crippen LogP contribution in [0.2, 0.25) is 0 Å². The number of carbonyl (C=O) groups is 1. The maximum absolute atomic E-state index is 11.8. The van der Waals surface area contributed by atoms with Gasteiger partial charge in [-0.1, -0.05) is 57.9 Å². The summed E-state index contributed by atoms with van der Waals surface area (Å²) in [7, 11) is 0. The van der Waals surface area contributed by atoms with Crippen molar-refractivity contribution >= 4 is 22.0 Å². The smallest absolute Gasteiger partial charge is 0.410 e. The summed E-state index contributed by atoms with van der Waals surface area (Å²) in [4.78, 5) is 13.6. The zero-order chi connectivity index (χ0) is 12.8. The Hall–Kier alpha value is -1.29. The molecule has 96 valence electrons. The highest BCUT2D eigenvalue weighted by molar-refractivity contribution is 9.09.